The number of benzene rings is 2. The van der Waals surface area contributed by atoms with Crippen LogP contribution in [0.25, 0.3) is 17.1 Å². The Balaban J connectivity index is 2.21. The Hall–Kier alpha value is -3.16. The van der Waals surface area contributed by atoms with E-state index in [4.69, 9.17) is 4.42 Å². The number of hydrogen-bond acceptors (Lipinski definition) is 4. The van der Waals surface area contributed by atoms with E-state index >= 15 is 0 Å². The molecule has 0 radical (unpaired) electrons. The van der Waals surface area contributed by atoms with Crippen molar-refractivity contribution in [2.75, 3.05) is 0 Å². The summed E-state index contributed by atoms with van der Waals surface area (Å²) < 4.78 is 45.5. The molecule has 5 nitrogen and oxygen atoms in total. The third kappa shape index (κ3) is 2.66. The van der Waals surface area contributed by atoms with Gasteiger partial charge in [0.05, 0.1) is 5.69 Å². The minimum atomic E-state index is -1.20. The summed E-state index contributed by atoms with van der Waals surface area (Å²) in [5, 5.41) is 0. The molecule has 0 aliphatic carbocycles. The number of aromatic nitrogens is 2. The smallest absolute Gasteiger partial charge is 0.389 e. The maximum atomic E-state index is 13.7. The van der Waals surface area contributed by atoms with E-state index in [-0.39, 0.29) is 5.69 Å². The molecule has 0 amide bonds. The van der Waals surface area contributed by atoms with Crippen molar-refractivity contribution in [2.24, 2.45) is 0 Å². The molecule has 0 bridgehead atoms. The molecule has 0 saturated carbocycles. The Kier molecular flexibility index (Phi) is 3.57. The van der Waals surface area contributed by atoms with Crippen LogP contribution < -0.4 is 11.4 Å². The van der Waals surface area contributed by atoms with Crippen LogP contribution in [0.15, 0.2) is 56.5 Å². The molecule has 0 unspecified atom stereocenters. The van der Waals surface area contributed by atoms with Crippen molar-refractivity contribution in [1.29, 1.82) is 0 Å². The minimum absolute atomic E-state index is 0.0122. The number of rotatable bonds is 2. The average Bonchev–Trinajstić information content (AvgIpc) is 2.48. The maximum Gasteiger partial charge on any atom is 0.429 e. The van der Waals surface area contributed by atoms with Crippen LogP contribution in [0.1, 0.15) is 0 Å². The SMILES string of the molecule is O=c1nc(-c2c(F)cccc2F)oc(=O)n1-c1ccc(F)cc1. The summed E-state index contributed by atoms with van der Waals surface area (Å²) in [5.41, 5.74) is -1.81. The standard InChI is InChI=1S/C15H7F3N2O3/c16-8-4-6-9(7-5-8)20-14(21)19-13(23-15(20)22)12-10(17)2-1-3-11(12)18/h1-7H. The molecular formula is C15H7F3N2O3. The van der Waals surface area contributed by atoms with Gasteiger partial charge in [0, 0.05) is 0 Å². The van der Waals surface area contributed by atoms with Crippen molar-refractivity contribution >= 4 is 0 Å². The first kappa shape index (κ1) is 14.8. The molecule has 0 spiro atoms. The Labute approximate surface area is 126 Å². The molecule has 0 atom stereocenters. The fourth-order valence-electron chi connectivity index (χ4n) is 1.98. The first-order chi connectivity index (χ1) is 11.0. The summed E-state index contributed by atoms with van der Waals surface area (Å²) in [5.74, 6) is -4.59. The van der Waals surface area contributed by atoms with Gasteiger partial charge in [0.15, 0.2) is 0 Å². The number of nitrogens with zero attached hydrogens (tertiary/aromatic N) is 2. The van der Waals surface area contributed by atoms with Crippen molar-refractivity contribution in [3.63, 3.8) is 0 Å². The van der Waals surface area contributed by atoms with Crippen LogP contribution in [0.5, 0.6) is 0 Å². The van der Waals surface area contributed by atoms with Crippen molar-refractivity contribution in [3.8, 4) is 17.1 Å². The molecule has 0 fully saturated rings. The molecule has 0 aliphatic rings. The van der Waals surface area contributed by atoms with Gasteiger partial charge in [0.1, 0.15) is 23.0 Å². The molecule has 1 heterocycles. The summed E-state index contributed by atoms with van der Waals surface area (Å²) in [4.78, 5) is 27.3. The van der Waals surface area contributed by atoms with Crippen LogP contribution in [0, 0.1) is 17.5 Å². The zero-order valence-electron chi connectivity index (χ0n) is 11.3. The van der Waals surface area contributed by atoms with Gasteiger partial charge in [0.25, 0.3) is 0 Å². The van der Waals surface area contributed by atoms with Crippen molar-refractivity contribution < 1.29 is 17.6 Å². The molecular weight excluding hydrogens is 313 g/mol. The lowest BCUT2D eigenvalue weighted by molar-refractivity contribution is 0.440. The molecule has 1 aromatic heterocycles. The Morgan fingerprint density at radius 3 is 2.09 bits per heavy atom. The normalized spacial score (nSPS) is 10.7. The van der Waals surface area contributed by atoms with Gasteiger partial charge in [-0.3, -0.25) is 0 Å². The molecule has 2 aromatic carbocycles. The van der Waals surface area contributed by atoms with Crippen molar-refractivity contribution in [3.05, 3.63) is 81.0 Å². The van der Waals surface area contributed by atoms with E-state index in [1.54, 1.807) is 0 Å². The third-order valence-electron chi connectivity index (χ3n) is 3.02. The van der Waals surface area contributed by atoms with E-state index in [9.17, 15) is 22.8 Å². The van der Waals surface area contributed by atoms with Gasteiger partial charge in [-0.25, -0.2) is 22.8 Å². The fourth-order valence-corrected chi connectivity index (χ4v) is 1.98. The topological polar surface area (TPSA) is 65.1 Å². The Morgan fingerprint density at radius 1 is 0.913 bits per heavy atom. The lowest BCUT2D eigenvalue weighted by Crippen LogP contribution is -2.33. The van der Waals surface area contributed by atoms with Crippen LogP contribution in [0.2, 0.25) is 0 Å². The van der Waals surface area contributed by atoms with Gasteiger partial charge >= 0.3 is 11.4 Å². The summed E-state index contributed by atoms with van der Waals surface area (Å²) in [6.45, 7) is 0. The second kappa shape index (κ2) is 5.56. The van der Waals surface area contributed by atoms with Crippen LogP contribution in [-0.4, -0.2) is 9.55 Å². The summed E-state index contributed by atoms with van der Waals surface area (Å²) in [7, 11) is 0. The van der Waals surface area contributed by atoms with E-state index in [2.05, 4.69) is 4.98 Å². The molecule has 3 rings (SSSR count). The van der Waals surface area contributed by atoms with E-state index in [1.165, 1.54) is 12.1 Å². The number of hydrogen-bond donors (Lipinski definition) is 0. The fraction of sp³-hybridized carbons (Fsp3) is 0. The molecule has 0 N–H and O–H groups in total. The highest BCUT2D eigenvalue weighted by atomic mass is 19.1. The molecule has 116 valence electrons. The van der Waals surface area contributed by atoms with E-state index < -0.39 is 40.4 Å². The van der Waals surface area contributed by atoms with Crippen LogP contribution in [-0.2, 0) is 0 Å². The minimum Gasteiger partial charge on any atom is -0.389 e. The van der Waals surface area contributed by atoms with Gasteiger partial charge in [-0.05, 0) is 36.4 Å². The molecule has 0 aliphatic heterocycles. The largest absolute Gasteiger partial charge is 0.429 e. The van der Waals surface area contributed by atoms with Gasteiger partial charge in [-0.1, -0.05) is 6.07 Å². The van der Waals surface area contributed by atoms with Crippen LogP contribution in [0.4, 0.5) is 13.2 Å². The van der Waals surface area contributed by atoms with Crippen LogP contribution in [0.3, 0.4) is 0 Å². The highest BCUT2D eigenvalue weighted by Gasteiger charge is 2.18. The average molecular weight is 320 g/mol. The van der Waals surface area contributed by atoms with Gasteiger partial charge in [-0.2, -0.15) is 9.55 Å². The van der Waals surface area contributed by atoms with E-state index in [0.29, 0.717) is 4.57 Å². The Morgan fingerprint density at radius 2 is 1.52 bits per heavy atom. The predicted octanol–water partition coefficient (Wildman–Crippen LogP) is 2.27. The molecule has 8 heteroatoms. The summed E-state index contributed by atoms with van der Waals surface area (Å²) in [6.07, 6.45) is 0. The van der Waals surface area contributed by atoms with Crippen LogP contribution >= 0.6 is 0 Å². The second-order valence-electron chi connectivity index (χ2n) is 4.48. The second-order valence-corrected chi connectivity index (χ2v) is 4.48. The van der Waals surface area contributed by atoms with Crippen molar-refractivity contribution in [1.82, 2.24) is 9.55 Å². The zero-order valence-corrected chi connectivity index (χ0v) is 11.3. The molecule has 3 aromatic rings. The quantitative estimate of drug-likeness (QED) is 0.726. The van der Waals surface area contributed by atoms with E-state index in [1.807, 2.05) is 0 Å². The third-order valence-corrected chi connectivity index (χ3v) is 3.02. The first-order valence-corrected chi connectivity index (χ1v) is 6.32. The van der Waals surface area contributed by atoms with E-state index in [0.717, 1.165) is 30.3 Å². The monoisotopic (exact) mass is 320 g/mol. The van der Waals surface area contributed by atoms with Gasteiger partial charge < -0.3 is 4.42 Å². The zero-order chi connectivity index (χ0) is 16.6. The lowest BCUT2D eigenvalue weighted by atomic mass is 10.2. The van der Waals surface area contributed by atoms with Gasteiger partial charge in [-0.15, -0.1) is 0 Å². The Bertz CT molecular complexity index is 943. The molecule has 23 heavy (non-hydrogen) atoms. The van der Waals surface area contributed by atoms with Gasteiger partial charge in [0.2, 0.25) is 5.89 Å². The molecule has 0 saturated heterocycles. The highest BCUT2D eigenvalue weighted by molar-refractivity contribution is 5.54. The first-order valence-electron chi connectivity index (χ1n) is 6.32. The maximum absolute atomic E-state index is 13.7. The predicted molar refractivity (Wildman–Crippen MR) is 73.7 cm³/mol. The number of halogens is 3. The summed E-state index contributed by atoms with van der Waals surface area (Å²) in [6, 6.07) is 7.39. The van der Waals surface area contributed by atoms with Crippen molar-refractivity contribution in [2.45, 2.75) is 0 Å². The lowest BCUT2D eigenvalue weighted by Gasteiger charge is -2.05. The highest BCUT2D eigenvalue weighted by Crippen LogP contribution is 2.22. The summed E-state index contributed by atoms with van der Waals surface area (Å²) >= 11 is 0.